The average Bonchev–Trinajstić information content (AvgIpc) is 2.74. The van der Waals surface area contributed by atoms with Crippen LogP contribution < -0.4 is 9.64 Å². The first-order valence-electron chi connectivity index (χ1n) is 10.2. The van der Waals surface area contributed by atoms with Gasteiger partial charge in [-0.2, -0.15) is 0 Å². The van der Waals surface area contributed by atoms with Gasteiger partial charge in [0.05, 0.1) is 0 Å². The molecule has 0 bridgehead atoms. The highest BCUT2D eigenvalue weighted by Crippen LogP contribution is 2.25. The lowest BCUT2D eigenvalue weighted by molar-refractivity contribution is 0.0673. The smallest absolute Gasteiger partial charge is 0.254 e. The number of carbonyl (C=O) groups excluding carboxylic acids is 1. The fourth-order valence-electron chi connectivity index (χ4n) is 3.69. The van der Waals surface area contributed by atoms with Crippen LogP contribution in [0.1, 0.15) is 28.4 Å². The van der Waals surface area contributed by atoms with E-state index < -0.39 is 0 Å². The molecule has 0 radical (unpaired) electrons. The van der Waals surface area contributed by atoms with Crippen LogP contribution >= 0.6 is 0 Å². The minimum absolute atomic E-state index is 0.0728. The average molecular weight is 402 g/mol. The van der Waals surface area contributed by atoms with Gasteiger partial charge in [-0.25, -0.2) is 9.97 Å². The number of benzene rings is 2. The Hall–Kier alpha value is -3.41. The number of aromatic nitrogens is 2. The summed E-state index contributed by atoms with van der Waals surface area (Å²) in [5.41, 5.74) is 3.01. The maximum absolute atomic E-state index is 12.9. The zero-order chi connectivity index (χ0) is 21.1. The van der Waals surface area contributed by atoms with Crippen molar-refractivity contribution >= 4 is 11.7 Å². The third-order valence-corrected chi connectivity index (χ3v) is 5.35. The van der Waals surface area contributed by atoms with Gasteiger partial charge < -0.3 is 14.5 Å². The number of aryl methyl sites for hydroxylation is 2. The van der Waals surface area contributed by atoms with Crippen molar-refractivity contribution in [3.63, 3.8) is 0 Å². The maximum Gasteiger partial charge on any atom is 0.254 e. The maximum atomic E-state index is 12.9. The Kier molecular flexibility index (Phi) is 5.65. The van der Waals surface area contributed by atoms with E-state index in [1.54, 1.807) is 0 Å². The molecule has 1 aromatic heterocycles. The Morgan fingerprint density at radius 2 is 1.80 bits per heavy atom. The number of rotatable bonds is 4. The van der Waals surface area contributed by atoms with Crippen molar-refractivity contribution in [1.29, 1.82) is 0 Å². The van der Waals surface area contributed by atoms with Gasteiger partial charge in [0.25, 0.3) is 5.91 Å². The molecule has 1 atom stereocenters. The third-order valence-electron chi connectivity index (χ3n) is 5.35. The van der Waals surface area contributed by atoms with Crippen LogP contribution in [-0.2, 0) is 0 Å². The number of carbonyl (C=O) groups is 1. The van der Waals surface area contributed by atoms with Gasteiger partial charge in [0, 0.05) is 37.3 Å². The minimum Gasteiger partial charge on any atom is -0.439 e. The second-order valence-corrected chi connectivity index (χ2v) is 7.79. The quantitative estimate of drug-likeness (QED) is 0.653. The van der Waals surface area contributed by atoms with E-state index in [9.17, 15) is 4.79 Å². The Labute approximate surface area is 177 Å². The van der Waals surface area contributed by atoms with E-state index in [1.165, 1.54) is 6.33 Å². The van der Waals surface area contributed by atoms with Gasteiger partial charge >= 0.3 is 0 Å². The van der Waals surface area contributed by atoms with E-state index >= 15 is 0 Å². The van der Waals surface area contributed by atoms with E-state index in [2.05, 4.69) is 21.8 Å². The molecule has 4 rings (SSSR count). The molecule has 2 heterocycles. The van der Waals surface area contributed by atoms with Crippen molar-refractivity contribution in [2.45, 2.75) is 26.8 Å². The van der Waals surface area contributed by atoms with Gasteiger partial charge in [-0.15, -0.1) is 0 Å². The normalized spacial score (nSPS) is 16.4. The number of piperazine rings is 1. The zero-order valence-corrected chi connectivity index (χ0v) is 17.6. The van der Waals surface area contributed by atoms with Gasteiger partial charge in [0.1, 0.15) is 17.9 Å². The Morgan fingerprint density at radius 3 is 2.53 bits per heavy atom. The van der Waals surface area contributed by atoms with Crippen molar-refractivity contribution < 1.29 is 9.53 Å². The van der Waals surface area contributed by atoms with E-state index in [0.717, 1.165) is 28.3 Å². The Bertz CT molecular complexity index is 1040. The van der Waals surface area contributed by atoms with Crippen LogP contribution in [0.5, 0.6) is 11.6 Å². The van der Waals surface area contributed by atoms with E-state index in [1.807, 2.05) is 73.3 Å². The monoisotopic (exact) mass is 402 g/mol. The summed E-state index contributed by atoms with van der Waals surface area (Å²) in [6.45, 7) is 8.18. The summed E-state index contributed by atoms with van der Waals surface area (Å²) in [5, 5.41) is 0. The largest absolute Gasteiger partial charge is 0.439 e. The van der Waals surface area contributed by atoms with Gasteiger partial charge in [-0.05, 0) is 50.6 Å². The minimum atomic E-state index is 0.0728. The van der Waals surface area contributed by atoms with Crippen LogP contribution in [0.25, 0.3) is 0 Å². The van der Waals surface area contributed by atoms with E-state index in [-0.39, 0.29) is 11.9 Å². The molecule has 154 valence electrons. The SMILES string of the molecule is Cc1ccc(C(=O)N2CCN(c3cc(Oc4cccc(C)c4)ncn3)CC2C)cc1. The molecular weight excluding hydrogens is 376 g/mol. The van der Waals surface area contributed by atoms with E-state index in [4.69, 9.17) is 4.74 Å². The topological polar surface area (TPSA) is 58.6 Å². The molecule has 3 aromatic rings. The molecule has 0 spiro atoms. The summed E-state index contributed by atoms with van der Waals surface area (Å²) in [5.74, 6) is 2.15. The number of hydrogen-bond donors (Lipinski definition) is 0. The highest BCUT2D eigenvalue weighted by molar-refractivity contribution is 5.94. The second kappa shape index (κ2) is 8.53. The molecule has 0 N–H and O–H groups in total. The summed E-state index contributed by atoms with van der Waals surface area (Å²) in [6.07, 6.45) is 1.52. The molecule has 1 unspecified atom stereocenters. The molecule has 1 aliphatic rings. The van der Waals surface area contributed by atoms with Crippen LogP contribution in [0, 0.1) is 13.8 Å². The highest BCUT2D eigenvalue weighted by Gasteiger charge is 2.29. The molecule has 0 saturated carbocycles. The molecule has 1 saturated heterocycles. The Balaban J connectivity index is 1.44. The summed E-state index contributed by atoms with van der Waals surface area (Å²) < 4.78 is 5.90. The molecule has 1 fully saturated rings. The standard InChI is InChI=1S/C24H26N4O2/c1-17-7-9-20(10-8-17)24(29)28-12-11-27(15-19(28)3)22-14-23(26-16-25-22)30-21-6-4-5-18(2)13-21/h4-10,13-14,16,19H,11-12,15H2,1-3H3. The number of amides is 1. The lowest BCUT2D eigenvalue weighted by atomic mass is 10.1. The van der Waals surface area contributed by atoms with Crippen molar-refractivity contribution in [3.05, 3.63) is 77.6 Å². The van der Waals surface area contributed by atoms with Crippen molar-refractivity contribution in [3.8, 4) is 11.6 Å². The molecule has 6 heteroatoms. The third kappa shape index (κ3) is 4.43. The van der Waals surface area contributed by atoms with Crippen LogP contribution in [-0.4, -0.2) is 46.5 Å². The van der Waals surface area contributed by atoms with Crippen LogP contribution in [0.3, 0.4) is 0 Å². The molecule has 1 aliphatic heterocycles. The lowest BCUT2D eigenvalue weighted by Crippen LogP contribution is -2.54. The van der Waals surface area contributed by atoms with Gasteiger partial charge in [-0.3, -0.25) is 4.79 Å². The van der Waals surface area contributed by atoms with Crippen molar-refractivity contribution in [2.75, 3.05) is 24.5 Å². The number of nitrogens with zero attached hydrogens (tertiary/aromatic N) is 4. The summed E-state index contributed by atoms with van der Waals surface area (Å²) in [6, 6.07) is 17.5. The number of ether oxygens (including phenoxy) is 1. The lowest BCUT2D eigenvalue weighted by Gasteiger charge is -2.40. The molecule has 1 amide bonds. The first kappa shape index (κ1) is 19.9. The van der Waals surface area contributed by atoms with Gasteiger partial charge in [0.15, 0.2) is 0 Å². The Morgan fingerprint density at radius 1 is 1.00 bits per heavy atom. The fourth-order valence-corrected chi connectivity index (χ4v) is 3.69. The van der Waals surface area contributed by atoms with Crippen LogP contribution in [0.4, 0.5) is 5.82 Å². The highest BCUT2D eigenvalue weighted by atomic mass is 16.5. The second-order valence-electron chi connectivity index (χ2n) is 7.79. The number of hydrogen-bond acceptors (Lipinski definition) is 5. The molecule has 30 heavy (non-hydrogen) atoms. The molecule has 2 aromatic carbocycles. The summed E-state index contributed by atoms with van der Waals surface area (Å²) in [7, 11) is 0. The fraction of sp³-hybridized carbons (Fsp3) is 0.292. The molecule has 0 aliphatic carbocycles. The number of anilines is 1. The predicted molar refractivity (Wildman–Crippen MR) is 117 cm³/mol. The van der Waals surface area contributed by atoms with E-state index in [0.29, 0.717) is 25.5 Å². The first-order valence-corrected chi connectivity index (χ1v) is 10.2. The summed E-state index contributed by atoms with van der Waals surface area (Å²) in [4.78, 5) is 25.7. The van der Waals surface area contributed by atoms with Crippen LogP contribution in [0.15, 0.2) is 60.9 Å². The van der Waals surface area contributed by atoms with Crippen molar-refractivity contribution in [2.24, 2.45) is 0 Å². The molecular formula is C24H26N4O2. The van der Waals surface area contributed by atoms with Gasteiger partial charge in [0.2, 0.25) is 5.88 Å². The zero-order valence-electron chi connectivity index (χ0n) is 17.6. The van der Waals surface area contributed by atoms with Gasteiger partial charge in [-0.1, -0.05) is 29.8 Å². The predicted octanol–water partition coefficient (Wildman–Crippen LogP) is 4.24. The van der Waals surface area contributed by atoms with Crippen molar-refractivity contribution in [1.82, 2.24) is 14.9 Å². The summed E-state index contributed by atoms with van der Waals surface area (Å²) >= 11 is 0. The van der Waals surface area contributed by atoms with Crippen LogP contribution in [0.2, 0.25) is 0 Å². The first-order chi connectivity index (χ1) is 14.5. The molecule has 6 nitrogen and oxygen atoms in total.